The van der Waals surface area contributed by atoms with E-state index in [4.69, 9.17) is 15.6 Å². The van der Waals surface area contributed by atoms with Crippen molar-refractivity contribution >= 4 is 22.8 Å². The first-order chi connectivity index (χ1) is 23.7. The molecular weight excluding hydrogens is 616 g/mol. The highest BCUT2D eigenvalue weighted by Gasteiger charge is 2.34. The summed E-state index contributed by atoms with van der Waals surface area (Å²) in [6.45, 7) is 11.9. The van der Waals surface area contributed by atoms with E-state index in [2.05, 4.69) is 29.3 Å². The number of piperidine rings is 3. The number of benzene rings is 2. The van der Waals surface area contributed by atoms with Crippen LogP contribution in [0.4, 0.5) is 5.82 Å². The van der Waals surface area contributed by atoms with Gasteiger partial charge in [0.2, 0.25) is 0 Å². The van der Waals surface area contributed by atoms with Crippen LogP contribution in [-0.2, 0) is 4.79 Å². The van der Waals surface area contributed by atoms with E-state index < -0.39 is 11.4 Å². The van der Waals surface area contributed by atoms with Crippen molar-refractivity contribution in [3.05, 3.63) is 60.9 Å². The Bertz CT molecular complexity index is 1700. The number of para-hydroxylation sites is 1. The second kappa shape index (κ2) is 14.4. The summed E-state index contributed by atoms with van der Waals surface area (Å²) in [7, 11) is 0. The van der Waals surface area contributed by atoms with Gasteiger partial charge in [0.25, 0.3) is 0 Å². The van der Waals surface area contributed by atoms with Crippen LogP contribution >= 0.6 is 0 Å². The lowest BCUT2D eigenvalue weighted by atomic mass is 9.90. The minimum absolute atomic E-state index is 0.260. The number of rotatable bonds is 10. The third-order valence-corrected chi connectivity index (χ3v) is 11.0. The summed E-state index contributed by atoms with van der Waals surface area (Å²) in [4.78, 5) is 28.2. The number of nitrogens with zero attached hydrogens (tertiary/aromatic N) is 7. The maximum atomic E-state index is 11.6. The van der Waals surface area contributed by atoms with E-state index in [1.165, 1.54) is 32.5 Å². The number of hydrogen-bond donors (Lipinski definition) is 2. The van der Waals surface area contributed by atoms with Gasteiger partial charge in [-0.15, -0.1) is 0 Å². The molecule has 3 fully saturated rings. The molecule has 0 bridgehead atoms. The van der Waals surface area contributed by atoms with Crippen molar-refractivity contribution in [1.82, 2.24) is 34.4 Å². The predicted molar refractivity (Wildman–Crippen MR) is 192 cm³/mol. The fourth-order valence-electron chi connectivity index (χ4n) is 8.04. The number of aliphatic carboxylic acids is 1. The highest BCUT2D eigenvalue weighted by atomic mass is 16.5. The van der Waals surface area contributed by atoms with Crippen molar-refractivity contribution in [2.75, 3.05) is 58.1 Å². The van der Waals surface area contributed by atoms with Gasteiger partial charge in [0.05, 0.1) is 16.8 Å². The molecule has 4 aromatic rings. The number of anilines is 1. The van der Waals surface area contributed by atoms with Crippen LogP contribution in [0.25, 0.3) is 22.3 Å². The number of carbonyl (C=O) groups is 1. The molecule has 3 aliphatic heterocycles. The molecule has 0 unspecified atom stereocenters. The van der Waals surface area contributed by atoms with Crippen molar-refractivity contribution in [3.63, 3.8) is 0 Å². The van der Waals surface area contributed by atoms with E-state index in [-0.39, 0.29) is 6.04 Å². The number of aromatic nitrogens is 4. The Balaban J connectivity index is 0.916. The fourth-order valence-corrected chi connectivity index (χ4v) is 8.04. The highest BCUT2D eigenvalue weighted by Crippen LogP contribution is 2.36. The molecule has 2 aromatic carbocycles. The quantitative estimate of drug-likeness (QED) is 0.215. The Morgan fingerprint density at radius 2 is 1.47 bits per heavy atom. The van der Waals surface area contributed by atoms with Gasteiger partial charge < -0.3 is 30.3 Å². The standard InChI is InChI=1S/C38H50N8O3/c1-38(2,37(47)48)25-44-20-14-29(15-21-44)45-22-12-27(13-23-45)24-43-18-16-30(17-19-43)46-36-33(35(39)40-26-41-36)34(42-46)28-8-10-32(11-9-28)49-31-6-4-3-5-7-31/h3-11,26-27,29-30H,12-25H2,1-2H3,(H,47,48)(H2,39,40,41). The molecular formula is C38H50N8O3. The van der Waals surface area contributed by atoms with Crippen LogP contribution < -0.4 is 10.5 Å². The van der Waals surface area contributed by atoms with Gasteiger partial charge in [0, 0.05) is 37.8 Å². The van der Waals surface area contributed by atoms with Crippen LogP contribution in [0, 0.1) is 11.3 Å². The monoisotopic (exact) mass is 666 g/mol. The van der Waals surface area contributed by atoms with E-state index in [0.29, 0.717) is 18.4 Å². The zero-order valence-corrected chi connectivity index (χ0v) is 28.9. The van der Waals surface area contributed by atoms with Gasteiger partial charge in [-0.05, 0) is 121 Å². The molecule has 11 heteroatoms. The molecule has 0 aliphatic carbocycles. The fraction of sp³-hybridized carbons (Fsp3) is 0.526. The smallest absolute Gasteiger partial charge is 0.310 e. The third kappa shape index (κ3) is 7.59. The molecule has 3 saturated heterocycles. The van der Waals surface area contributed by atoms with Crippen molar-refractivity contribution < 1.29 is 14.6 Å². The summed E-state index contributed by atoms with van der Waals surface area (Å²) in [5, 5.41) is 15.4. The lowest BCUT2D eigenvalue weighted by Gasteiger charge is -2.43. The number of carboxylic acids is 1. The number of nitrogen functional groups attached to an aromatic ring is 1. The van der Waals surface area contributed by atoms with Crippen molar-refractivity contribution in [2.24, 2.45) is 11.3 Å². The predicted octanol–water partition coefficient (Wildman–Crippen LogP) is 5.79. The second-order valence-electron chi connectivity index (χ2n) is 14.9. The van der Waals surface area contributed by atoms with Crippen molar-refractivity contribution in [1.29, 1.82) is 0 Å². The van der Waals surface area contributed by atoms with Crippen LogP contribution in [0.15, 0.2) is 60.9 Å². The first-order valence-electron chi connectivity index (χ1n) is 18.0. The Labute approximate surface area is 289 Å². The third-order valence-electron chi connectivity index (χ3n) is 11.0. The summed E-state index contributed by atoms with van der Waals surface area (Å²) in [6, 6.07) is 18.6. The van der Waals surface area contributed by atoms with Gasteiger partial charge in [-0.2, -0.15) is 5.10 Å². The summed E-state index contributed by atoms with van der Waals surface area (Å²) < 4.78 is 8.10. The molecule has 0 amide bonds. The molecule has 3 aliphatic rings. The van der Waals surface area contributed by atoms with Gasteiger partial charge in [0.1, 0.15) is 29.3 Å². The maximum absolute atomic E-state index is 11.6. The lowest BCUT2D eigenvalue weighted by Crippen LogP contribution is -2.50. The zero-order chi connectivity index (χ0) is 34.0. The Morgan fingerprint density at radius 1 is 0.837 bits per heavy atom. The van der Waals surface area contributed by atoms with Crippen LogP contribution in [-0.4, -0.2) is 104 Å². The molecule has 3 N–H and O–H groups in total. The normalized spacial score (nSPS) is 19.8. The molecule has 0 radical (unpaired) electrons. The number of ether oxygens (including phenoxy) is 1. The molecule has 5 heterocycles. The molecule has 260 valence electrons. The highest BCUT2D eigenvalue weighted by molar-refractivity contribution is 5.98. The number of likely N-dealkylation sites (tertiary alicyclic amines) is 3. The number of fused-ring (bicyclic) bond motifs is 1. The number of carboxylic acid groups (broad SMARTS) is 1. The Morgan fingerprint density at radius 3 is 2.14 bits per heavy atom. The molecule has 49 heavy (non-hydrogen) atoms. The van der Waals surface area contributed by atoms with Gasteiger partial charge in [-0.25, -0.2) is 14.6 Å². The minimum Gasteiger partial charge on any atom is -0.481 e. The average Bonchev–Trinajstić information content (AvgIpc) is 3.51. The first-order valence-corrected chi connectivity index (χ1v) is 18.0. The minimum atomic E-state index is -0.711. The van der Waals surface area contributed by atoms with Gasteiger partial charge in [-0.1, -0.05) is 18.2 Å². The summed E-state index contributed by atoms with van der Waals surface area (Å²) in [5.41, 5.74) is 8.31. The SMILES string of the molecule is CC(C)(CN1CCC(N2CCC(CN3CCC(n4nc(-c5ccc(Oc6ccccc6)cc5)c5c(N)ncnc54)CC3)CC2)CC1)C(=O)O. The second-order valence-corrected chi connectivity index (χ2v) is 14.9. The van der Waals surface area contributed by atoms with Gasteiger partial charge in [-0.3, -0.25) is 4.79 Å². The average molecular weight is 667 g/mol. The Kier molecular flexibility index (Phi) is 9.84. The molecule has 0 atom stereocenters. The van der Waals surface area contributed by atoms with E-state index >= 15 is 0 Å². The van der Waals surface area contributed by atoms with Gasteiger partial charge >= 0.3 is 5.97 Å². The van der Waals surface area contributed by atoms with Gasteiger partial charge in [0.15, 0.2) is 5.65 Å². The van der Waals surface area contributed by atoms with Crippen LogP contribution in [0.5, 0.6) is 11.5 Å². The topological polar surface area (TPSA) is 126 Å². The van der Waals surface area contributed by atoms with E-state index in [9.17, 15) is 9.90 Å². The largest absolute Gasteiger partial charge is 0.481 e. The zero-order valence-electron chi connectivity index (χ0n) is 28.9. The molecule has 7 rings (SSSR count). The van der Waals surface area contributed by atoms with Crippen molar-refractivity contribution in [2.45, 2.75) is 64.5 Å². The first kappa shape index (κ1) is 33.4. The molecule has 0 saturated carbocycles. The Hall–Kier alpha value is -4.06. The maximum Gasteiger partial charge on any atom is 0.310 e. The number of hydrogen-bond acceptors (Lipinski definition) is 9. The molecule has 11 nitrogen and oxygen atoms in total. The molecule has 0 spiro atoms. The summed E-state index contributed by atoms with van der Waals surface area (Å²) >= 11 is 0. The summed E-state index contributed by atoms with van der Waals surface area (Å²) in [5.74, 6) is 2.04. The van der Waals surface area contributed by atoms with Crippen molar-refractivity contribution in [3.8, 4) is 22.8 Å². The lowest BCUT2D eigenvalue weighted by molar-refractivity contribution is -0.148. The van der Waals surface area contributed by atoms with E-state index in [0.717, 1.165) is 91.6 Å². The van der Waals surface area contributed by atoms with Crippen LogP contribution in [0.2, 0.25) is 0 Å². The van der Waals surface area contributed by atoms with Crippen LogP contribution in [0.3, 0.4) is 0 Å². The van der Waals surface area contributed by atoms with E-state index in [1.807, 2.05) is 68.4 Å². The summed E-state index contributed by atoms with van der Waals surface area (Å²) in [6.07, 6.45) is 8.39. The molecule has 2 aromatic heterocycles. The van der Waals surface area contributed by atoms with E-state index in [1.54, 1.807) is 6.33 Å². The number of nitrogens with two attached hydrogens (primary N) is 1. The van der Waals surface area contributed by atoms with Crippen LogP contribution in [0.1, 0.15) is 58.4 Å².